The lowest BCUT2D eigenvalue weighted by Gasteiger charge is -2.38. The summed E-state index contributed by atoms with van der Waals surface area (Å²) in [6.07, 6.45) is 5.89. The molecule has 0 saturated heterocycles. The number of rotatable bonds is 4. The van der Waals surface area contributed by atoms with E-state index in [-0.39, 0.29) is 11.3 Å². The summed E-state index contributed by atoms with van der Waals surface area (Å²) in [5.41, 5.74) is 6.93. The minimum atomic E-state index is -0.458. The minimum Gasteiger partial charge on any atom is -0.354 e. The molecule has 3 nitrogen and oxygen atoms in total. The molecule has 1 fully saturated rings. The van der Waals surface area contributed by atoms with Crippen LogP contribution in [0.2, 0.25) is 5.02 Å². The Hall–Kier alpha value is -1.06. The maximum atomic E-state index is 11.8. The molecule has 1 aromatic rings. The van der Waals surface area contributed by atoms with Crippen molar-refractivity contribution < 1.29 is 4.79 Å². The summed E-state index contributed by atoms with van der Waals surface area (Å²) in [7, 11) is 0. The second kappa shape index (κ2) is 6.59. The minimum absolute atomic E-state index is 0.0351. The lowest BCUT2D eigenvalue weighted by molar-refractivity contribution is -0.122. The number of hydrogen-bond acceptors (Lipinski definition) is 2. The van der Waals surface area contributed by atoms with Crippen molar-refractivity contribution in [1.29, 1.82) is 0 Å². The summed E-state index contributed by atoms with van der Waals surface area (Å²) in [6.45, 7) is 2.38. The van der Waals surface area contributed by atoms with Crippen LogP contribution in [-0.2, 0) is 10.2 Å². The van der Waals surface area contributed by atoms with Gasteiger partial charge in [-0.3, -0.25) is 4.79 Å². The molecule has 0 aliphatic heterocycles. The number of benzene rings is 1. The van der Waals surface area contributed by atoms with Gasteiger partial charge in [-0.15, -0.1) is 0 Å². The smallest absolute Gasteiger partial charge is 0.236 e. The Morgan fingerprint density at radius 1 is 1.30 bits per heavy atom. The zero-order valence-corrected chi connectivity index (χ0v) is 12.7. The first kappa shape index (κ1) is 15.3. The first-order chi connectivity index (χ1) is 9.53. The molecule has 110 valence electrons. The maximum Gasteiger partial charge on any atom is 0.236 e. The zero-order chi connectivity index (χ0) is 14.6. The SMILES string of the molecule is C[C@H](N)C(=O)NCC1(c2ccc(Cl)cc2)CCCCC1. The lowest BCUT2D eigenvalue weighted by atomic mass is 9.69. The van der Waals surface area contributed by atoms with Crippen molar-refractivity contribution in [2.75, 3.05) is 6.54 Å². The van der Waals surface area contributed by atoms with E-state index in [4.69, 9.17) is 17.3 Å². The van der Waals surface area contributed by atoms with E-state index in [1.807, 2.05) is 12.1 Å². The highest BCUT2D eigenvalue weighted by atomic mass is 35.5. The van der Waals surface area contributed by atoms with Crippen LogP contribution in [0.25, 0.3) is 0 Å². The summed E-state index contributed by atoms with van der Waals surface area (Å²) >= 11 is 5.98. The van der Waals surface area contributed by atoms with Crippen molar-refractivity contribution in [3.63, 3.8) is 0 Å². The molecule has 20 heavy (non-hydrogen) atoms. The van der Waals surface area contributed by atoms with Crippen LogP contribution < -0.4 is 11.1 Å². The molecule has 0 aromatic heterocycles. The van der Waals surface area contributed by atoms with Crippen molar-refractivity contribution in [2.24, 2.45) is 5.73 Å². The summed E-state index contributed by atoms with van der Waals surface area (Å²) in [5.74, 6) is -0.0797. The quantitative estimate of drug-likeness (QED) is 0.897. The first-order valence-electron chi connectivity index (χ1n) is 7.33. The van der Waals surface area contributed by atoms with Crippen LogP contribution in [-0.4, -0.2) is 18.5 Å². The third kappa shape index (κ3) is 3.53. The largest absolute Gasteiger partial charge is 0.354 e. The molecular formula is C16H23ClN2O. The Kier molecular flexibility index (Phi) is 5.06. The second-order valence-corrected chi connectivity index (χ2v) is 6.29. The molecule has 0 unspecified atom stereocenters. The lowest BCUT2D eigenvalue weighted by Crippen LogP contribution is -2.46. The number of halogens is 1. The van der Waals surface area contributed by atoms with Crippen LogP contribution in [0.4, 0.5) is 0 Å². The van der Waals surface area contributed by atoms with E-state index >= 15 is 0 Å². The molecule has 0 heterocycles. The molecule has 1 amide bonds. The fourth-order valence-electron chi connectivity index (χ4n) is 3.02. The maximum absolute atomic E-state index is 11.8. The van der Waals surface area contributed by atoms with E-state index in [1.165, 1.54) is 24.8 Å². The van der Waals surface area contributed by atoms with Crippen LogP contribution in [0, 0.1) is 0 Å². The summed E-state index contributed by atoms with van der Waals surface area (Å²) < 4.78 is 0. The average molecular weight is 295 g/mol. The van der Waals surface area contributed by atoms with Crippen molar-refractivity contribution in [2.45, 2.75) is 50.5 Å². The van der Waals surface area contributed by atoms with Gasteiger partial charge in [-0.05, 0) is 37.5 Å². The molecule has 2 rings (SSSR count). The van der Waals surface area contributed by atoms with Crippen LogP contribution in [0.5, 0.6) is 0 Å². The predicted octanol–water partition coefficient (Wildman–Crippen LogP) is 3.01. The van der Waals surface area contributed by atoms with Crippen molar-refractivity contribution >= 4 is 17.5 Å². The van der Waals surface area contributed by atoms with E-state index in [1.54, 1.807) is 6.92 Å². The van der Waals surface area contributed by atoms with Crippen molar-refractivity contribution in [3.05, 3.63) is 34.9 Å². The number of nitrogens with two attached hydrogens (primary N) is 1. The van der Waals surface area contributed by atoms with Gasteiger partial charge in [-0.2, -0.15) is 0 Å². The van der Waals surface area contributed by atoms with Gasteiger partial charge in [0.25, 0.3) is 0 Å². The fraction of sp³-hybridized carbons (Fsp3) is 0.562. The topological polar surface area (TPSA) is 55.1 Å². The highest BCUT2D eigenvalue weighted by Gasteiger charge is 2.34. The molecule has 0 bridgehead atoms. The summed E-state index contributed by atoms with van der Waals surface area (Å²) in [6, 6.07) is 7.58. The Labute approximate surface area is 125 Å². The number of hydrogen-bond donors (Lipinski definition) is 2. The van der Waals surface area contributed by atoms with Gasteiger partial charge in [0.05, 0.1) is 6.04 Å². The van der Waals surface area contributed by atoms with E-state index < -0.39 is 6.04 Å². The summed E-state index contributed by atoms with van der Waals surface area (Å²) in [5, 5.41) is 3.76. The average Bonchev–Trinajstić information content (AvgIpc) is 2.46. The third-order valence-corrected chi connectivity index (χ3v) is 4.53. The summed E-state index contributed by atoms with van der Waals surface area (Å²) in [4.78, 5) is 11.8. The number of carbonyl (C=O) groups excluding carboxylic acids is 1. The fourth-order valence-corrected chi connectivity index (χ4v) is 3.14. The Balaban J connectivity index is 2.17. The van der Waals surface area contributed by atoms with Crippen molar-refractivity contribution in [1.82, 2.24) is 5.32 Å². The molecule has 4 heteroatoms. The third-order valence-electron chi connectivity index (χ3n) is 4.28. The van der Waals surface area contributed by atoms with Crippen LogP contribution >= 0.6 is 11.6 Å². The van der Waals surface area contributed by atoms with Gasteiger partial charge >= 0.3 is 0 Å². The van der Waals surface area contributed by atoms with Gasteiger partial charge in [-0.25, -0.2) is 0 Å². The highest BCUT2D eigenvalue weighted by molar-refractivity contribution is 6.30. The van der Waals surface area contributed by atoms with Crippen LogP contribution in [0.15, 0.2) is 24.3 Å². The first-order valence-corrected chi connectivity index (χ1v) is 7.71. The number of amides is 1. The second-order valence-electron chi connectivity index (χ2n) is 5.85. The van der Waals surface area contributed by atoms with E-state index in [2.05, 4.69) is 17.4 Å². The zero-order valence-electron chi connectivity index (χ0n) is 12.0. The van der Waals surface area contributed by atoms with Gasteiger partial charge in [-0.1, -0.05) is 43.0 Å². The Bertz CT molecular complexity index is 450. The molecule has 1 aromatic carbocycles. The molecule has 1 atom stereocenters. The van der Waals surface area contributed by atoms with Gasteiger partial charge in [0.2, 0.25) is 5.91 Å². The molecule has 0 radical (unpaired) electrons. The molecule has 1 aliphatic rings. The standard InChI is InChI=1S/C16H23ClN2O/c1-12(18)15(20)19-11-16(9-3-2-4-10-16)13-5-7-14(17)8-6-13/h5-8,12H,2-4,9-11,18H2,1H3,(H,19,20)/t12-/m0/s1. The Morgan fingerprint density at radius 2 is 1.90 bits per heavy atom. The van der Waals surface area contributed by atoms with E-state index in [0.717, 1.165) is 17.9 Å². The molecule has 1 saturated carbocycles. The molecular weight excluding hydrogens is 272 g/mol. The van der Waals surface area contributed by atoms with Crippen molar-refractivity contribution in [3.8, 4) is 0 Å². The number of nitrogens with one attached hydrogen (secondary N) is 1. The van der Waals surface area contributed by atoms with Gasteiger partial charge in [0.1, 0.15) is 0 Å². The highest BCUT2D eigenvalue weighted by Crippen LogP contribution is 2.39. The van der Waals surface area contributed by atoms with Crippen LogP contribution in [0.1, 0.15) is 44.6 Å². The molecule has 0 spiro atoms. The Morgan fingerprint density at radius 3 is 2.45 bits per heavy atom. The number of carbonyl (C=O) groups is 1. The van der Waals surface area contributed by atoms with E-state index in [0.29, 0.717) is 6.54 Å². The van der Waals surface area contributed by atoms with Gasteiger partial charge in [0.15, 0.2) is 0 Å². The van der Waals surface area contributed by atoms with Gasteiger partial charge in [0, 0.05) is 17.0 Å². The van der Waals surface area contributed by atoms with Crippen LogP contribution in [0.3, 0.4) is 0 Å². The molecule has 3 N–H and O–H groups in total. The molecule has 1 aliphatic carbocycles. The predicted molar refractivity (Wildman–Crippen MR) is 82.9 cm³/mol. The monoisotopic (exact) mass is 294 g/mol. The normalized spacial score (nSPS) is 19.4. The van der Waals surface area contributed by atoms with Gasteiger partial charge < -0.3 is 11.1 Å². The van der Waals surface area contributed by atoms with E-state index in [9.17, 15) is 4.79 Å².